The van der Waals surface area contributed by atoms with Gasteiger partial charge in [-0.2, -0.15) is 5.10 Å². The van der Waals surface area contributed by atoms with Crippen molar-refractivity contribution in [3.05, 3.63) is 87.7 Å². The fourth-order valence-corrected chi connectivity index (χ4v) is 4.46. The van der Waals surface area contributed by atoms with Gasteiger partial charge in [0.2, 0.25) is 0 Å². The van der Waals surface area contributed by atoms with Gasteiger partial charge < -0.3 is 10.6 Å². The van der Waals surface area contributed by atoms with Crippen LogP contribution in [-0.2, 0) is 4.79 Å². The minimum absolute atomic E-state index is 0.135. The van der Waals surface area contributed by atoms with Gasteiger partial charge in [0, 0.05) is 28.4 Å². The van der Waals surface area contributed by atoms with E-state index in [1.54, 1.807) is 35.1 Å². The first-order valence-electron chi connectivity index (χ1n) is 10.3. The van der Waals surface area contributed by atoms with Gasteiger partial charge in [-0.15, -0.1) is 0 Å². The standard InChI is InChI=1S/C24H21ClN4O2/c1-14-5-2-3-6-17(14)22-21-19(7-4-8-20(21)30)28-23-18(13-26-29(22)23)24(31)27-16-11-9-15(25)10-12-16/h2-3,5-6,9-13,22,28H,4,7-8H2,1H3,(H,27,31). The third kappa shape index (κ3) is 3.43. The Morgan fingerprint density at radius 2 is 1.94 bits per heavy atom. The van der Waals surface area contributed by atoms with Gasteiger partial charge in [-0.1, -0.05) is 35.9 Å². The molecular weight excluding hydrogens is 412 g/mol. The Hall–Kier alpha value is -3.38. The summed E-state index contributed by atoms with van der Waals surface area (Å²) in [4.78, 5) is 26.0. The molecule has 2 N–H and O–H groups in total. The molecule has 0 spiro atoms. The number of carbonyl (C=O) groups excluding carboxylic acids is 2. The van der Waals surface area contributed by atoms with E-state index in [4.69, 9.17) is 11.6 Å². The average molecular weight is 433 g/mol. The van der Waals surface area contributed by atoms with Gasteiger partial charge in [0.1, 0.15) is 17.4 Å². The van der Waals surface area contributed by atoms with Gasteiger partial charge in [0.25, 0.3) is 5.91 Å². The number of carbonyl (C=O) groups is 2. The Morgan fingerprint density at radius 3 is 2.71 bits per heavy atom. The van der Waals surface area contributed by atoms with Crippen LogP contribution in [0.1, 0.15) is 46.8 Å². The first-order valence-corrected chi connectivity index (χ1v) is 10.6. The van der Waals surface area contributed by atoms with Crippen LogP contribution in [-0.4, -0.2) is 21.5 Å². The van der Waals surface area contributed by atoms with Gasteiger partial charge in [0.15, 0.2) is 5.78 Å². The molecule has 2 aliphatic rings. The van der Waals surface area contributed by atoms with Crippen LogP contribution in [0.2, 0.25) is 5.02 Å². The SMILES string of the molecule is Cc1ccccc1C1C2=C(CCCC2=O)Nc2c(C(=O)Nc3ccc(Cl)cc3)cnn21. The molecule has 3 aromatic rings. The quantitative estimate of drug-likeness (QED) is 0.602. The maximum absolute atomic E-state index is 13.0. The summed E-state index contributed by atoms with van der Waals surface area (Å²) < 4.78 is 1.77. The molecule has 1 unspecified atom stereocenters. The molecule has 1 aromatic heterocycles. The van der Waals surface area contributed by atoms with Crippen LogP contribution >= 0.6 is 11.6 Å². The smallest absolute Gasteiger partial charge is 0.261 e. The number of allylic oxidation sites excluding steroid dienone is 2. The Balaban J connectivity index is 1.58. The molecule has 1 amide bonds. The highest BCUT2D eigenvalue weighted by Crippen LogP contribution is 2.42. The zero-order chi connectivity index (χ0) is 21.5. The second-order valence-electron chi connectivity index (χ2n) is 7.87. The van der Waals surface area contributed by atoms with E-state index in [9.17, 15) is 9.59 Å². The van der Waals surface area contributed by atoms with Gasteiger partial charge in [-0.05, 0) is 55.2 Å². The van der Waals surface area contributed by atoms with E-state index in [-0.39, 0.29) is 17.7 Å². The van der Waals surface area contributed by atoms with Crippen molar-refractivity contribution in [1.82, 2.24) is 9.78 Å². The van der Waals surface area contributed by atoms with E-state index in [1.165, 1.54) is 0 Å². The summed E-state index contributed by atoms with van der Waals surface area (Å²) in [5, 5.41) is 11.4. The average Bonchev–Trinajstić information content (AvgIpc) is 3.18. The second-order valence-corrected chi connectivity index (χ2v) is 8.30. The van der Waals surface area contributed by atoms with Crippen LogP contribution in [0, 0.1) is 6.92 Å². The van der Waals surface area contributed by atoms with Crippen molar-refractivity contribution in [2.75, 3.05) is 10.6 Å². The number of amides is 1. The summed E-state index contributed by atoms with van der Waals surface area (Å²) in [7, 11) is 0. The number of rotatable bonds is 3. The third-order valence-electron chi connectivity index (χ3n) is 5.87. The molecule has 31 heavy (non-hydrogen) atoms. The maximum atomic E-state index is 13.0. The monoisotopic (exact) mass is 432 g/mol. The number of fused-ring (bicyclic) bond motifs is 1. The van der Waals surface area contributed by atoms with Gasteiger partial charge in [0.05, 0.1) is 6.20 Å². The van der Waals surface area contributed by atoms with Crippen molar-refractivity contribution >= 4 is 34.8 Å². The van der Waals surface area contributed by atoms with Crippen LogP contribution in [0.15, 0.2) is 66.0 Å². The lowest BCUT2D eigenvalue weighted by Crippen LogP contribution is -2.32. The molecule has 6 nitrogen and oxygen atoms in total. The number of nitrogens with zero attached hydrogens (tertiary/aromatic N) is 2. The second kappa shape index (κ2) is 7.71. The lowest BCUT2D eigenvalue weighted by Gasteiger charge is -2.34. The summed E-state index contributed by atoms with van der Waals surface area (Å²) in [6, 6.07) is 14.6. The molecule has 2 heterocycles. The van der Waals surface area contributed by atoms with Crippen LogP contribution < -0.4 is 10.6 Å². The number of nitrogens with one attached hydrogen (secondary N) is 2. The molecule has 0 saturated carbocycles. The number of aromatic nitrogens is 2. The van der Waals surface area contributed by atoms with Crippen molar-refractivity contribution in [3.8, 4) is 0 Å². The van der Waals surface area contributed by atoms with E-state index in [2.05, 4.69) is 15.7 Å². The molecule has 0 fully saturated rings. The fraction of sp³-hybridized carbons (Fsp3) is 0.208. The molecule has 0 saturated heterocycles. The maximum Gasteiger partial charge on any atom is 0.261 e. The number of halogens is 1. The summed E-state index contributed by atoms with van der Waals surface area (Å²) in [5.41, 5.74) is 4.80. The number of ketones is 1. The highest BCUT2D eigenvalue weighted by molar-refractivity contribution is 6.30. The zero-order valence-corrected chi connectivity index (χ0v) is 17.7. The minimum atomic E-state index is -0.350. The van der Waals surface area contributed by atoms with Gasteiger partial charge >= 0.3 is 0 Å². The molecular formula is C24H21ClN4O2. The molecule has 0 bridgehead atoms. The van der Waals surface area contributed by atoms with Gasteiger partial charge in [-0.3, -0.25) is 9.59 Å². The molecule has 5 rings (SSSR count). The van der Waals surface area contributed by atoms with Crippen molar-refractivity contribution in [2.24, 2.45) is 0 Å². The number of anilines is 2. The van der Waals surface area contributed by atoms with Crippen LogP contribution in [0.4, 0.5) is 11.5 Å². The highest BCUT2D eigenvalue weighted by Gasteiger charge is 2.38. The Morgan fingerprint density at radius 1 is 1.16 bits per heavy atom. The number of hydrogen-bond donors (Lipinski definition) is 2. The van der Waals surface area contributed by atoms with E-state index in [0.717, 1.165) is 35.2 Å². The van der Waals surface area contributed by atoms with Crippen LogP contribution in [0.5, 0.6) is 0 Å². The normalized spacial score (nSPS) is 17.6. The molecule has 1 aliphatic carbocycles. The topological polar surface area (TPSA) is 76.0 Å². The lowest BCUT2D eigenvalue weighted by atomic mass is 9.84. The molecule has 1 atom stereocenters. The first kappa shape index (κ1) is 19.6. The number of benzene rings is 2. The molecule has 156 valence electrons. The van der Waals surface area contributed by atoms with Crippen LogP contribution in [0.3, 0.4) is 0 Å². The summed E-state index contributed by atoms with van der Waals surface area (Å²) in [5.74, 6) is 0.467. The number of hydrogen-bond acceptors (Lipinski definition) is 4. The Bertz CT molecular complexity index is 1230. The zero-order valence-electron chi connectivity index (χ0n) is 17.0. The predicted molar refractivity (Wildman–Crippen MR) is 120 cm³/mol. The van der Waals surface area contributed by atoms with Crippen molar-refractivity contribution < 1.29 is 9.59 Å². The Labute approximate surface area is 184 Å². The van der Waals surface area contributed by atoms with Crippen molar-refractivity contribution in [3.63, 3.8) is 0 Å². The van der Waals surface area contributed by atoms with E-state index in [1.807, 2.05) is 31.2 Å². The Kier molecular flexibility index (Phi) is 4.87. The third-order valence-corrected chi connectivity index (χ3v) is 6.12. The van der Waals surface area contributed by atoms with Gasteiger partial charge in [-0.25, -0.2) is 4.68 Å². The summed E-state index contributed by atoms with van der Waals surface area (Å²) in [6.45, 7) is 2.03. The largest absolute Gasteiger partial charge is 0.343 e. The van der Waals surface area contributed by atoms with Crippen molar-refractivity contribution in [1.29, 1.82) is 0 Å². The summed E-state index contributed by atoms with van der Waals surface area (Å²) >= 11 is 5.94. The first-order chi connectivity index (χ1) is 15.0. The molecule has 0 radical (unpaired) electrons. The van der Waals surface area contributed by atoms with Crippen molar-refractivity contribution in [2.45, 2.75) is 32.2 Å². The van der Waals surface area contributed by atoms with E-state index < -0.39 is 0 Å². The molecule has 2 aromatic carbocycles. The fourth-order valence-electron chi connectivity index (χ4n) is 4.34. The number of aryl methyl sites for hydroxylation is 1. The predicted octanol–water partition coefficient (Wildman–Crippen LogP) is 5.12. The molecule has 1 aliphatic heterocycles. The van der Waals surface area contributed by atoms with E-state index in [0.29, 0.717) is 28.5 Å². The summed E-state index contributed by atoms with van der Waals surface area (Å²) in [6.07, 6.45) is 3.66. The number of Topliss-reactive ketones (excluding diaryl/α,β-unsaturated/α-hetero) is 1. The molecule has 7 heteroatoms. The lowest BCUT2D eigenvalue weighted by molar-refractivity contribution is -0.116. The minimum Gasteiger partial charge on any atom is -0.343 e. The van der Waals surface area contributed by atoms with E-state index >= 15 is 0 Å². The van der Waals surface area contributed by atoms with Crippen LogP contribution in [0.25, 0.3) is 0 Å². The highest BCUT2D eigenvalue weighted by atomic mass is 35.5.